The van der Waals surface area contributed by atoms with Gasteiger partial charge in [-0.25, -0.2) is 9.37 Å². The number of aliphatic hydroxyl groups excluding tert-OH is 1. The summed E-state index contributed by atoms with van der Waals surface area (Å²) in [6, 6.07) is 8.30. The van der Waals surface area contributed by atoms with E-state index in [0.29, 0.717) is 57.1 Å². The lowest BCUT2D eigenvalue weighted by molar-refractivity contribution is -0.144. The van der Waals surface area contributed by atoms with Gasteiger partial charge in [0.1, 0.15) is 24.7 Å². The van der Waals surface area contributed by atoms with Crippen molar-refractivity contribution in [3.8, 4) is 16.2 Å². The molecule has 2 fully saturated rings. The maximum atomic E-state index is 15.8. The molecule has 70 heavy (non-hydrogen) atoms. The summed E-state index contributed by atoms with van der Waals surface area (Å²) in [5, 5.41) is 19.5. The summed E-state index contributed by atoms with van der Waals surface area (Å²) in [5.41, 5.74) is 15.9. The maximum Gasteiger partial charge on any atom is 0.246 e. The SMILES string of the molecule is Cc1ncsc1-c1ccc([C@H](C)NC(=O)[C@@H]2C[C@@H](O)CN2C(=O)[C@@H](NC(=O)CCCCCc2cccc(OC[C@H](CCC(N)=O)NC(=O)[C@@H]3CCCN3C(=O)[C@@H](N)CC(C)C)c2F)C(C)(C)C)cc1.Cl. The second-order valence-electron chi connectivity index (χ2n) is 20.1. The first-order chi connectivity index (χ1) is 32.6. The summed E-state index contributed by atoms with van der Waals surface area (Å²) >= 11 is 1.56. The number of amides is 6. The van der Waals surface area contributed by atoms with Crippen molar-refractivity contribution in [3.05, 3.63) is 70.6 Å². The Morgan fingerprint density at radius 1 is 0.929 bits per heavy atom. The van der Waals surface area contributed by atoms with E-state index in [1.807, 2.05) is 72.7 Å². The third kappa shape index (κ3) is 15.9. The van der Waals surface area contributed by atoms with E-state index in [1.165, 1.54) is 15.9 Å². The standard InChI is InChI=1S/C51H73FN8O8S.ClH/c1-30(2)25-38(53)49(66)59-24-12-15-39(59)47(64)57-36(22-23-42(54)62)28-68-41-16-11-14-34(44(41)52)13-9-8-10-17-43(63)58-46(51(5,6)7)50(67)60-27-37(61)26-40(60)48(65)56-31(3)33-18-20-35(21-19-33)45-32(4)55-29-69-45;/h11,14,16,18-21,29-31,36-40,46,61H,8-10,12-13,15,17,22-28,53H2,1-7H3,(H2,54,62)(H,56,65)(H,57,64)(H,58,63);1H/t31-,36-,37+,38-,39-,40-,46+;/m0./s1. The number of aromatic nitrogens is 1. The Hall–Kier alpha value is -5.17. The van der Waals surface area contributed by atoms with E-state index in [0.717, 1.165) is 21.7 Å². The Balaban J connectivity index is 0.0000107. The first-order valence-corrected chi connectivity index (χ1v) is 25.2. The lowest BCUT2D eigenvalue weighted by Gasteiger charge is -2.35. The topological polar surface area (TPSA) is 239 Å². The fraction of sp³-hybridized carbons (Fsp3) is 0.588. The minimum Gasteiger partial charge on any atom is -0.488 e. The van der Waals surface area contributed by atoms with Crippen LogP contribution in [-0.4, -0.2) is 111 Å². The second kappa shape index (κ2) is 26.3. The highest BCUT2D eigenvalue weighted by atomic mass is 35.5. The number of nitrogens with one attached hydrogen (secondary N) is 3. The highest BCUT2D eigenvalue weighted by Gasteiger charge is 2.45. The largest absolute Gasteiger partial charge is 0.488 e. The predicted octanol–water partition coefficient (Wildman–Crippen LogP) is 5.65. The summed E-state index contributed by atoms with van der Waals surface area (Å²) in [7, 11) is 0. The number of thiazole rings is 1. The van der Waals surface area contributed by atoms with Crippen molar-refractivity contribution in [2.24, 2.45) is 22.8 Å². The van der Waals surface area contributed by atoms with Crippen LogP contribution >= 0.6 is 23.7 Å². The molecule has 2 aliphatic rings. The smallest absolute Gasteiger partial charge is 0.246 e. The summed E-state index contributed by atoms with van der Waals surface area (Å²) in [4.78, 5) is 87.8. The molecule has 3 aromatic rings. The van der Waals surface area contributed by atoms with Crippen LogP contribution in [0.15, 0.2) is 48.0 Å². The Kier molecular flexibility index (Phi) is 21.6. The van der Waals surface area contributed by atoms with Crippen LogP contribution in [0.5, 0.6) is 5.75 Å². The van der Waals surface area contributed by atoms with Gasteiger partial charge in [-0.3, -0.25) is 28.8 Å². The van der Waals surface area contributed by atoms with Crippen molar-refractivity contribution >= 4 is 59.2 Å². The summed E-state index contributed by atoms with van der Waals surface area (Å²) in [6.45, 7) is 13.5. The zero-order valence-corrected chi connectivity index (χ0v) is 43.3. The molecule has 1 aromatic heterocycles. The van der Waals surface area contributed by atoms with E-state index >= 15 is 4.39 Å². The number of unbranched alkanes of at least 4 members (excludes halogenated alkanes) is 2. The number of carbonyl (C=O) groups excluding carboxylic acids is 6. The molecule has 2 aromatic carbocycles. The first-order valence-electron chi connectivity index (χ1n) is 24.3. The molecular formula is C51H74ClFN8O8S. The molecule has 0 spiro atoms. The number of nitrogens with zero attached hydrogens (tertiary/aromatic N) is 3. The Morgan fingerprint density at radius 2 is 1.63 bits per heavy atom. The highest BCUT2D eigenvalue weighted by molar-refractivity contribution is 7.13. The van der Waals surface area contributed by atoms with Crippen molar-refractivity contribution in [3.63, 3.8) is 0 Å². The fourth-order valence-electron chi connectivity index (χ4n) is 9.01. The fourth-order valence-corrected chi connectivity index (χ4v) is 9.82. The van der Waals surface area contributed by atoms with Crippen LogP contribution < -0.4 is 32.2 Å². The molecule has 386 valence electrons. The van der Waals surface area contributed by atoms with Crippen LogP contribution in [0.25, 0.3) is 10.4 Å². The number of β-amino-alcohol motifs (C(OH)–C–C–N with tert-alkyl or cyclic N) is 1. The van der Waals surface area contributed by atoms with Crippen LogP contribution in [0.4, 0.5) is 4.39 Å². The van der Waals surface area contributed by atoms with Gasteiger partial charge in [0.2, 0.25) is 35.4 Å². The monoisotopic (exact) mass is 1010 g/mol. The number of benzene rings is 2. The molecule has 3 heterocycles. The average molecular weight is 1010 g/mol. The van der Waals surface area contributed by atoms with Gasteiger partial charge in [-0.05, 0) is 92.9 Å². The minimum absolute atomic E-state index is 0. The molecule has 7 atom stereocenters. The van der Waals surface area contributed by atoms with Crippen LogP contribution in [0.1, 0.15) is 129 Å². The summed E-state index contributed by atoms with van der Waals surface area (Å²) < 4.78 is 21.7. The number of ether oxygens (including phenoxy) is 1. The number of hydrogen-bond acceptors (Lipinski definition) is 11. The molecule has 2 saturated heterocycles. The van der Waals surface area contributed by atoms with E-state index in [-0.39, 0.29) is 86.7 Å². The molecule has 0 radical (unpaired) electrons. The van der Waals surface area contributed by atoms with Gasteiger partial charge < -0.3 is 47.1 Å². The van der Waals surface area contributed by atoms with Gasteiger partial charge in [-0.2, -0.15) is 0 Å². The van der Waals surface area contributed by atoms with Crippen molar-refractivity contribution in [1.29, 1.82) is 0 Å². The van der Waals surface area contributed by atoms with Crippen LogP contribution in [-0.2, 0) is 35.2 Å². The van der Waals surface area contributed by atoms with Crippen LogP contribution in [0, 0.1) is 24.1 Å². The van der Waals surface area contributed by atoms with E-state index < -0.39 is 65.3 Å². The zero-order valence-electron chi connectivity index (χ0n) is 41.6. The third-order valence-electron chi connectivity index (χ3n) is 12.9. The lowest BCUT2D eigenvalue weighted by Crippen LogP contribution is -2.57. The van der Waals surface area contributed by atoms with Gasteiger partial charge in [0.15, 0.2) is 11.6 Å². The molecule has 0 unspecified atom stereocenters. The molecule has 16 nitrogen and oxygen atoms in total. The van der Waals surface area contributed by atoms with Crippen molar-refractivity contribution in [2.45, 2.75) is 161 Å². The number of aliphatic hydroxyl groups is 1. The van der Waals surface area contributed by atoms with Crippen molar-refractivity contribution in [2.75, 3.05) is 19.7 Å². The number of halogens is 2. The number of likely N-dealkylation sites (tertiary alicyclic amines) is 2. The van der Waals surface area contributed by atoms with Crippen molar-refractivity contribution < 1.29 is 43.0 Å². The summed E-state index contributed by atoms with van der Waals surface area (Å²) in [5.74, 6) is -2.78. The van der Waals surface area contributed by atoms with Gasteiger partial charge in [0.25, 0.3) is 0 Å². The molecule has 19 heteroatoms. The maximum absolute atomic E-state index is 15.8. The van der Waals surface area contributed by atoms with E-state index in [4.69, 9.17) is 16.2 Å². The zero-order chi connectivity index (χ0) is 50.6. The van der Waals surface area contributed by atoms with E-state index in [9.17, 15) is 33.9 Å². The van der Waals surface area contributed by atoms with Gasteiger partial charge in [-0.15, -0.1) is 23.7 Å². The van der Waals surface area contributed by atoms with E-state index in [2.05, 4.69) is 20.9 Å². The molecule has 5 rings (SSSR count). The molecular weight excluding hydrogens is 939 g/mol. The van der Waals surface area contributed by atoms with Crippen molar-refractivity contribution in [1.82, 2.24) is 30.7 Å². The first kappa shape index (κ1) is 57.4. The molecule has 2 aliphatic heterocycles. The number of primary amides is 1. The number of rotatable bonds is 23. The van der Waals surface area contributed by atoms with E-state index in [1.54, 1.807) is 29.0 Å². The highest BCUT2D eigenvalue weighted by Crippen LogP contribution is 2.30. The number of nitrogens with two attached hydrogens (primary N) is 2. The molecule has 8 N–H and O–H groups in total. The van der Waals surface area contributed by atoms with Crippen LogP contribution in [0.2, 0.25) is 0 Å². The number of hydrogen-bond donors (Lipinski definition) is 6. The molecule has 0 saturated carbocycles. The molecule has 0 aliphatic carbocycles. The number of aryl methyl sites for hydroxylation is 2. The Labute approximate surface area is 422 Å². The summed E-state index contributed by atoms with van der Waals surface area (Å²) in [6.07, 6.45) is 2.97. The van der Waals surface area contributed by atoms with Gasteiger partial charge in [0, 0.05) is 32.4 Å². The predicted molar refractivity (Wildman–Crippen MR) is 270 cm³/mol. The number of carbonyl (C=O) groups is 6. The average Bonchev–Trinajstić information content (AvgIpc) is 4.06. The quantitative estimate of drug-likeness (QED) is 0.0639. The van der Waals surface area contributed by atoms with Gasteiger partial charge in [0.05, 0.1) is 40.3 Å². The Bertz CT molecular complexity index is 2260. The normalized spacial score (nSPS) is 18.6. The van der Waals surface area contributed by atoms with Gasteiger partial charge >= 0.3 is 0 Å². The lowest BCUT2D eigenvalue weighted by atomic mass is 9.85. The van der Waals surface area contributed by atoms with Crippen LogP contribution in [0.3, 0.4) is 0 Å². The molecule has 6 amide bonds. The minimum atomic E-state index is -0.966. The third-order valence-corrected chi connectivity index (χ3v) is 13.8. The van der Waals surface area contributed by atoms with Gasteiger partial charge in [-0.1, -0.05) is 77.4 Å². The second-order valence-corrected chi connectivity index (χ2v) is 21.0. The Morgan fingerprint density at radius 3 is 2.27 bits per heavy atom. The molecule has 0 bridgehead atoms.